The molecule has 2 aromatic carbocycles. The van der Waals surface area contributed by atoms with Crippen molar-refractivity contribution >= 4 is 28.6 Å². The lowest BCUT2D eigenvalue weighted by atomic mass is 9.89. The highest BCUT2D eigenvalue weighted by molar-refractivity contribution is 5.94. The van der Waals surface area contributed by atoms with E-state index in [-0.39, 0.29) is 5.91 Å². The summed E-state index contributed by atoms with van der Waals surface area (Å²) < 4.78 is 2.32. The van der Waals surface area contributed by atoms with Crippen LogP contribution >= 0.6 is 0 Å². The predicted molar refractivity (Wildman–Crippen MR) is 109 cm³/mol. The average Bonchev–Trinajstić information content (AvgIpc) is 3.06. The molecule has 3 aromatic rings. The molecule has 5 nitrogen and oxygen atoms in total. The normalized spacial score (nSPS) is 15.0. The van der Waals surface area contributed by atoms with Crippen LogP contribution in [0.2, 0.25) is 0 Å². The molecule has 0 bridgehead atoms. The van der Waals surface area contributed by atoms with E-state index in [1.165, 1.54) is 37.6 Å². The topological polar surface area (TPSA) is 59.0 Å². The van der Waals surface area contributed by atoms with Crippen molar-refractivity contribution in [1.82, 2.24) is 14.9 Å². The van der Waals surface area contributed by atoms with Gasteiger partial charge in [-0.15, -0.1) is 0 Å². The van der Waals surface area contributed by atoms with Crippen LogP contribution in [0.25, 0.3) is 11.0 Å². The Morgan fingerprint density at radius 2 is 1.81 bits per heavy atom. The van der Waals surface area contributed by atoms with Crippen LogP contribution in [0.4, 0.5) is 11.6 Å². The van der Waals surface area contributed by atoms with Crippen molar-refractivity contribution in [2.45, 2.75) is 38.6 Å². The van der Waals surface area contributed by atoms with Crippen LogP contribution in [-0.4, -0.2) is 22.5 Å². The van der Waals surface area contributed by atoms with E-state index in [0.717, 1.165) is 23.7 Å². The first-order valence-corrected chi connectivity index (χ1v) is 9.79. The highest BCUT2D eigenvalue weighted by Crippen LogP contribution is 2.29. The first kappa shape index (κ1) is 17.6. The monoisotopic (exact) mass is 362 g/mol. The van der Waals surface area contributed by atoms with Gasteiger partial charge in [0, 0.05) is 24.8 Å². The molecule has 2 N–H and O–H groups in total. The predicted octanol–water partition coefficient (Wildman–Crippen LogP) is 4.72. The molecule has 0 radical (unpaired) electrons. The second-order valence-electron chi connectivity index (χ2n) is 7.32. The highest BCUT2D eigenvalue weighted by atomic mass is 16.1. The van der Waals surface area contributed by atoms with Crippen molar-refractivity contribution in [3.63, 3.8) is 0 Å². The van der Waals surface area contributed by atoms with Gasteiger partial charge in [0.2, 0.25) is 5.95 Å². The fourth-order valence-electron chi connectivity index (χ4n) is 3.96. The summed E-state index contributed by atoms with van der Waals surface area (Å²) in [7, 11) is 1.64. The molecule has 0 unspecified atom stereocenters. The molecule has 27 heavy (non-hydrogen) atoms. The Morgan fingerprint density at radius 3 is 2.56 bits per heavy atom. The standard InChI is InChI=1S/C22H26N4O/c1-23-21(27)17-11-13-18(14-12-17)24-22-25-19-9-5-6-10-20(19)26(22)15-16-7-3-2-4-8-16/h5-6,9-14,16H,2-4,7-8,15H2,1H3,(H,23,27)(H,24,25). The molecule has 1 aliphatic rings. The summed E-state index contributed by atoms with van der Waals surface area (Å²) in [5, 5.41) is 6.10. The molecule has 4 rings (SSSR count). The van der Waals surface area contributed by atoms with E-state index < -0.39 is 0 Å². The van der Waals surface area contributed by atoms with Crippen LogP contribution < -0.4 is 10.6 Å². The number of amides is 1. The molecule has 0 saturated heterocycles. The van der Waals surface area contributed by atoms with Gasteiger partial charge in [-0.25, -0.2) is 4.98 Å². The van der Waals surface area contributed by atoms with Crippen LogP contribution in [0.3, 0.4) is 0 Å². The van der Waals surface area contributed by atoms with Gasteiger partial charge in [-0.3, -0.25) is 4.79 Å². The molecule has 1 heterocycles. The number of rotatable bonds is 5. The van der Waals surface area contributed by atoms with Crippen LogP contribution in [0, 0.1) is 5.92 Å². The largest absolute Gasteiger partial charge is 0.355 e. The van der Waals surface area contributed by atoms with Crippen molar-refractivity contribution in [1.29, 1.82) is 0 Å². The van der Waals surface area contributed by atoms with E-state index in [0.29, 0.717) is 11.5 Å². The summed E-state index contributed by atoms with van der Waals surface area (Å²) >= 11 is 0. The summed E-state index contributed by atoms with van der Waals surface area (Å²) in [5.74, 6) is 1.51. The zero-order valence-electron chi connectivity index (χ0n) is 15.7. The van der Waals surface area contributed by atoms with Gasteiger partial charge in [0.15, 0.2) is 0 Å². The van der Waals surface area contributed by atoms with E-state index >= 15 is 0 Å². The van der Waals surface area contributed by atoms with Crippen molar-refractivity contribution in [2.75, 3.05) is 12.4 Å². The van der Waals surface area contributed by atoms with E-state index in [1.807, 2.05) is 30.3 Å². The maximum atomic E-state index is 11.7. The fraction of sp³-hybridized carbons (Fsp3) is 0.364. The second kappa shape index (κ2) is 7.82. The van der Waals surface area contributed by atoms with Gasteiger partial charge in [-0.05, 0) is 55.2 Å². The summed E-state index contributed by atoms with van der Waals surface area (Å²) in [6.45, 7) is 0.999. The second-order valence-corrected chi connectivity index (χ2v) is 7.32. The van der Waals surface area contributed by atoms with Crippen LogP contribution in [0.1, 0.15) is 42.5 Å². The Kier molecular flexibility index (Phi) is 5.10. The molecule has 1 saturated carbocycles. The molecule has 140 valence electrons. The van der Waals surface area contributed by atoms with Crippen molar-refractivity contribution in [3.05, 3.63) is 54.1 Å². The third kappa shape index (κ3) is 3.82. The number of para-hydroxylation sites is 2. The van der Waals surface area contributed by atoms with Crippen molar-refractivity contribution in [3.8, 4) is 0 Å². The van der Waals surface area contributed by atoms with Crippen LogP contribution in [0.5, 0.6) is 0 Å². The van der Waals surface area contributed by atoms with Gasteiger partial charge < -0.3 is 15.2 Å². The molecule has 0 aliphatic heterocycles. The maximum Gasteiger partial charge on any atom is 0.251 e. The summed E-state index contributed by atoms with van der Waals surface area (Å²) in [6.07, 6.45) is 6.63. The van der Waals surface area contributed by atoms with Crippen LogP contribution in [-0.2, 0) is 6.54 Å². The number of hydrogen-bond acceptors (Lipinski definition) is 3. The Morgan fingerprint density at radius 1 is 1.07 bits per heavy atom. The smallest absolute Gasteiger partial charge is 0.251 e. The number of carbonyl (C=O) groups excluding carboxylic acids is 1. The van der Waals surface area contributed by atoms with E-state index in [1.54, 1.807) is 7.05 Å². The molecule has 0 atom stereocenters. The lowest BCUT2D eigenvalue weighted by Gasteiger charge is -2.23. The van der Waals surface area contributed by atoms with Crippen LogP contribution in [0.15, 0.2) is 48.5 Å². The number of carbonyl (C=O) groups is 1. The van der Waals surface area contributed by atoms with Gasteiger partial charge in [-0.2, -0.15) is 0 Å². The summed E-state index contributed by atoms with van der Waals surface area (Å²) in [6, 6.07) is 15.8. The average molecular weight is 362 g/mol. The molecule has 1 aliphatic carbocycles. The Balaban J connectivity index is 1.62. The summed E-state index contributed by atoms with van der Waals surface area (Å²) in [4.78, 5) is 16.5. The zero-order chi connectivity index (χ0) is 18.6. The fourth-order valence-corrected chi connectivity index (χ4v) is 3.96. The number of nitrogens with zero attached hydrogens (tertiary/aromatic N) is 2. The van der Waals surface area contributed by atoms with Gasteiger partial charge >= 0.3 is 0 Å². The Hall–Kier alpha value is -2.82. The maximum absolute atomic E-state index is 11.7. The Labute approximate surface area is 159 Å². The minimum atomic E-state index is -0.0777. The molecular formula is C22H26N4O. The quantitative estimate of drug-likeness (QED) is 0.690. The van der Waals surface area contributed by atoms with E-state index in [9.17, 15) is 4.79 Å². The van der Waals surface area contributed by atoms with Gasteiger partial charge in [0.1, 0.15) is 0 Å². The SMILES string of the molecule is CNC(=O)c1ccc(Nc2nc3ccccc3n2CC2CCCCC2)cc1. The number of benzene rings is 2. The Bertz CT molecular complexity index is 923. The molecule has 1 fully saturated rings. The number of nitrogens with one attached hydrogen (secondary N) is 2. The van der Waals surface area contributed by atoms with Crippen molar-refractivity contribution in [2.24, 2.45) is 5.92 Å². The minimum Gasteiger partial charge on any atom is -0.355 e. The van der Waals surface area contributed by atoms with Crippen molar-refractivity contribution < 1.29 is 4.79 Å². The number of fused-ring (bicyclic) bond motifs is 1. The lowest BCUT2D eigenvalue weighted by Crippen LogP contribution is -2.17. The first-order valence-electron chi connectivity index (χ1n) is 9.79. The number of aromatic nitrogens is 2. The molecule has 1 amide bonds. The molecule has 0 spiro atoms. The third-order valence-corrected chi connectivity index (χ3v) is 5.45. The van der Waals surface area contributed by atoms with Gasteiger partial charge in [0.25, 0.3) is 5.91 Å². The number of imidazole rings is 1. The molecule has 1 aromatic heterocycles. The third-order valence-electron chi connectivity index (χ3n) is 5.45. The van der Waals surface area contributed by atoms with E-state index in [4.69, 9.17) is 4.98 Å². The number of anilines is 2. The summed E-state index contributed by atoms with van der Waals surface area (Å²) in [5.41, 5.74) is 3.77. The lowest BCUT2D eigenvalue weighted by molar-refractivity contribution is 0.0963. The first-order chi connectivity index (χ1) is 13.2. The number of hydrogen-bond donors (Lipinski definition) is 2. The van der Waals surface area contributed by atoms with Gasteiger partial charge in [0.05, 0.1) is 11.0 Å². The molecule has 5 heteroatoms. The zero-order valence-corrected chi connectivity index (χ0v) is 15.7. The molecular weight excluding hydrogens is 336 g/mol. The minimum absolute atomic E-state index is 0.0777. The van der Waals surface area contributed by atoms with Gasteiger partial charge in [-0.1, -0.05) is 31.4 Å². The van der Waals surface area contributed by atoms with E-state index in [2.05, 4.69) is 33.4 Å². The highest BCUT2D eigenvalue weighted by Gasteiger charge is 2.18.